The summed E-state index contributed by atoms with van der Waals surface area (Å²) in [4.78, 5) is 13.1. The predicted octanol–water partition coefficient (Wildman–Crippen LogP) is 3.98. The Kier molecular flexibility index (Phi) is 7.02. The Balaban J connectivity index is 1.99. The molecule has 2 N–H and O–H groups in total. The minimum absolute atomic E-state index is 0.160. The highest BCUT2D eigenvalue weighted by molar-refractivity contribution is 9.10. The van der Waals surface area contributed by atoms with Gasteiger partial charge in [0.2, 0.25) is 0 Å². The van der Waals surface area contributed by atoms with Crippen molar-refractivity contribution < 1.29 is 18.6 Å². The van der Waals surface area contributed by atoms with Crippen molar-refractivity contribution in [3.8, 4) is 11.4 Å². The van der Waals surface area contributed by atoms with E-state index in [0.29, 0.717) is 23.5 Å². The van der Waals surface area contributed by atoms with Crippen LogP contribution in [0.25, 0.3) is 5.69 Å². The Bertz CT molecular complexity index is 1130. The molecule has 2 aromatic carbocycles. The second-order valence-corrected chi connectivity index (χ2v) is 7.57. The second kappa shape index (κ2) is 9.51. The van der Waals surface area contributed by atoms with E-state index in [9.17, 15) is 18.7 Å². The average Bonchev–Trinajstić information content (AvgIpc) is 2.71. The molecule has 30 heavy (non-hydrogen) atoms. The summed E-state index contributed by atoms with van der Waals surface area (Å²) in [7, 11) is 1.82. The number of nitrogens with zero attached hydrogens (tertiary/aromatic N) is 1. The molecule has 3 rings (SSSR count). The highest BCUT2D eigenvalue weighted by atomic mass is 79.9. The summed E-state index contributed by atoms with van der Waals surface area (Å²) in [5.41, 5.74) is 2.51. The fraction of sp³-hybridized carbons (Fsp3) is 0.227. The van der Waals surface area contributed by atoms with Gasteiger partial charge in [0.05, 0.1) is 12.3 Å². The Labute approximate surface area is 181 Å². The Morgan fingerprint density at radius 2 is 1.87 bits per heavy atom. The zero-order valence-electron chi connectivity index (χ0n) is 16.5. The number of nitrogens with one attached hydrogen (secondary N) is 1. The van der Waals surface area contributed by atoms with Crippen LogP contribution in [0, 0.1) is 18.6 Å². The third-order valence-corrected chi connectivity index (χ3v) is 5.37. The third-order valence-electron chi connectivity index (χ3n) is 4.64. The van der Waals surface area contributed by atoms with Crippen molar-refractivity contribution in [1.82, 2.24) is 9.88 Å². The fourth-order valence-corrected chi connectivity index (χ4v) is 3.55. The van der Waals surface area contributed by atoms with Gasteiger partial charge in [0, 0.05) is 35.5 Å². The molecule has 0 atom stereocenters. The van der Waals surface area contributed by atoms with Crippen LogP contribution in [0.2, 0.25) is 0 Å². The fourth-order valence-electron chi connectivity index (χ4n) is 3.15. The number of hydrogen-bond acceptors (Lipinski definition) is 4. The standard InChI is InChI=1S/C22H21BrF2N2O3/c1-13-7-20(30-12-16-5-6-17(24)9-18(16)25)21(23)22(29)27(13)19-8-14(10-26-2)3-4-15(19)11-28/h3-9,26,28H,10-12H2,1-2H3. The molecule has 0 unspecified atom stereocenters. The summed E-state index contributed by atoms with van der Waals surface area (Å²) in [6, 6.07) is 10.4. The van der Waals surface area contributed by atoms with E-state index in [0.717, 1.165) is 17.7 Å². The molecule has 8 heteroatoms. The van der Waals surface area contributed by atoms with E-state index in [-0.39, 0.29) is 34.6 Å². The quantitative estimate of drug-likeness (QED) is 0.539. The molecule has 1 heterocycles. The zero-order valence-corrected chi connectivity index (χ0v) is 18.1. The van der Waals surface area contributed by atoms with Gasteiger partial charge in [-0.3, -0.25) is 9.36 Å². The first-order valence-corrected chi connectivity index (χ1v) is 10.0. The van der Waals surface area contributed by atoms with Gasteiger partial charge in [-0.25, -0.2) is 8.78 Å². The number of ether oxygens (including phenoxy) is 1. The summed E-state index contributed by atoms with van der Waals surface area (Å²) in [5, 5.41) is 12.8. The normalized spacial score (nSPS) is 11.0. The Morgan fingerprint density at radius 1 is 1.13 bits per heavy atom. The monoisotopic (exact) mass is 478 g/mol. The van der Waals surface area contributed by atoms with Gasteiger partial charge in [-0.1, -0.05) is 12.1 Å². The van der Waals surface area contributed by atoms with Crippen molar-refractivity contribution in [2.75, 3.05) is 7.05 Å². The van der Waals surface area contributed by atoms with E-state index < -0.39 is 11.6 Å². The van der Waals surface area contributed by atoms with Crippen molar-refractivity contribution in [2.24, 2.45) is 0 Å². The molecule has 158 valence electrons. The van der Waals surface area contributed by atoms with Gasteiger partial charge in [0.1, 0.15) is 28.5 Å². The van der Waals surface area contributed by atoms with Gasteiger partial charge in [-0.05, 0) is 53.7 Å². The maximum Gasteiger partial charge on any atom is 0.273 e. The first-order chi connectivity index (χ1) is 14.3. The molecule has 0 saturated heterocycles. The minimum Gasteiger partial charge on any atom is -0.487 e. The highest BCUT2D eigenvalue weighted by Crippen LogP contribution is 2.27. The number of aliphatic hydroxyl groups excluding tert-OH is 1. The molecule has 0 radical (unpaired) electrons. The van der Waals surface area contributed by atoms with Crippen LogP contribution in [0.4, 0.5) is 8.78 Å². The lowest BCUT2D eigenvalue weighted by atomic mass is 10.1. The molecule has 0 aliphatic rings. The first kappa shape index (κ1) is 22.1. The number of aromatic nitrogens is 1. The summed E-state index contributed by atoms with van der Waals surface area (Å²) < 4.78 is 34.2. The Hall–Kier alpha value is -2.55. The van der Waals surface area contributed by atoms with Crippen molar-refractivity contribution in [1.29, 1.82) is 0 Å². The number of pyridine rings is 1. The molecule has 0 spiro atoms. The van der Waals surface area contributed by atoms with Crippen LogP contribution in [0.3, 0.4) is 0 Å². The minimum atomic E-state index is -0.717. The molecule has 0 amide bonds. The van der Waals surface area contributed by atoms with Gasteiger partial charge in [0.15, 0.2) is 0 Å². The SMILES string of the molecule is CNCc1ccc(CO)c(-n2c(C)cc(OCc3ccc(F)cc3F)c(Br)c2=O)c1. The van der Waals surface area contributed by atoms with E-state index in [1.165, 1.54) is 10.6 Å². The summed E-state index contributed by atoms with van der Waals surface area (Å²) >= 11 is 3.28. The van der Waals surface area contributed by atoms with Gasteiger partial charge < -0.3 is 15.2 Å². The Morgan fingerprint density at radius 3 is 2.53 bits per heavy atom. The van der Waals surface area contributed by atoms with Crippen LogP contribution >= 0.6 is 15.9 Å². The molecule has 3 aromatic rings. The average molecular weight is 479 g/mol. The van der Waals surface area contributed by atoms with E-state index >= 15 is 0 Å². The number of aliphatic hydroxyl groups is 1. The molecule has 0 saturated carbocycles. The predicted molar refractivity (Wildman–Crippen MR) is 114 cm³/mol. The molecule has 5 nitrogen and oxygen atoms in total. The van der Waals surface area contributed by atoms with E-state index in [4.69, 9.17) is 4.74 Å². The number of hydrogen-bond donors (Lipinski definition) is 2. The number of rotatable bonds is 7. The van der Waals surface area contributed by atoms with Crippen LogP contribution in [-0.2, 0) is 19.8 Å². The van der Waals surface area contributed by atoms with Gasteiger partial charge in [-0.2, -0.15) is 0 Å². The van der Waals surface area contributed by atoms with Crippen LogP contribution in [0.15, 0.2) is 51.7 Å². The van der Waals surface area contributed by atoms with Gasteiger partial charge in [0.25, 0.3) is 5.56 Å². The number of aryl methyl sites for hydroxylation is 1. The van der Waals surface area contributed by atoms with E-state index in [1.54, 1.807) is 19.1 Å². The lowest BCUT2D eigenvalue weighted by molar-refractivity contribution is 0.281. The van der Waals surface area contributed by atoms with Crippen LogP contribution < -0.4 is 15.6 Å². The second-order valence-electron chi connectivity index (χ2n) is 6.78. The smallest absolute Gasteiger partial charge is 0.273 e. The summed E-state index contributed by atoms with van der Waals surface area (Å²) in [6.45, 7) is 1.97. The maximum atomic E-state index is 13.9. The van der Waals surface area contributed by atoms with E-state index in [2.05, 4.69) is 21.2 Å². The first-order valence-electron chi connectivity index (χ1n) is 9.22. The van der Waals surface area contributed by atoms with Crippen molar-refractivity contribution in [3.05, 3.63) is 91.3 Å². The summed E-state index contributed by atoms with van der Waals surface area (Å²) in [5.74, 6) is -1.14. The van der Waals surface area contributed by atoms with Crippen molar-refractivity contribution in [3.63, 3.8) is 0 Å². The van der Waals surface area contributed by atoms with E-state index in [1.807, 2.05) is 19.2 Å². The lowest BCUT2D eigenvalue weighted by Gasteiger charge is -2.18. The third kappa shape index (κ3) is 4.61. The number of halogens is 3. The maximum absolute atomic E-state index is 13.9. The van der Waals surface area contributed by atoms with Gasteiger partial charge >= 0.3 is 0 Å². The topological polar surface area (TPSA) is 63.5 Å². The molecule has 0 fully saturated rings. The molecule has 1 aromatic heterocycles. The highest BCUT2D eigenvalue weighted by Gasteiger charge is 2.17. The zero-order chi connectivity index (χ0) is 21.8. The largest absolute Gasteiger partial charge is 0.487 e. The molecular weight excluding hydrogens is 458 g/mol. The van der Waals surface area contributed by atoms with Crippen LogP contribution in [-0.4, -0.2) is 16.7 Å². The molecular formula is C22H21BrF2N2O3. The van der Waals surface area contributed by atoms with Crippen molar-refractivity contribution in [2.45, 2.75) is 26.7 Å². The number of benzene rings is 2. The van der Waals surface area contributed by atoms with Gasteiger partial charge in [-0.15, -0.1) is 0 Å². The molecule has 0 bridgehead atoms. The van der Waals surface area contributed by atoms with Crippen molar-refractivity contribution >= 4 is 15.9 Å². The van der Waals surface area contributed by atoms with Crippen LogP contribution in [0.1, 0.15) is 22.4 Å². The molecule has 0 aliphatic carbocycles. The molecule has 0 aliphatic heterocycles. The lowest BCUT2D eigenvalue weighted by Crippen LogP contribution is -2.23. The summed E-state index contributed by atoms with van der Waals surface area (Å²) in [6.07, 6.45) is 0. The van der Waals surface area contributed by atoms with Crippen LogP contribution in [0.5, 0.6) is 5.75 Å².